The molecule has 0 saturated carbocycles. The summed E-state index contributed by atoms with van der Waals surface area (Å²) in [5.41, 5.74) is 1.81. The van der Waals surface area contributed by atoms with Crippen LogP contribution in [0.15, 0.2) is 30.5 Å². The lowest BCUT2D eigenvalue weighted by molar-refractivity contribution is 1.39. The maximum atomic E-state index is 8.79. The van der Waals surface area contributed by atoms with Crippen molar-refractivity contribution in [3.05, 3.63) is 35.5 Å². The zero-order valence-corrected chi connectivity index (χ0v) is 8.45. The predicted octanol–water partition coefficient (Wildman–Crippen LogP) is 2.72. The molecule has 15 heavy (non-hydrogen) atoms. The zero-order chi connectivity index (χ0) is 10.3. The quantitative estimate of drug-likeness (QED) is 0.574. The number of hydrogen-bond donors (Lipinski definition) is 0. The van der Waals surface area contributed by atoms with Crippen molar-refractivity contribution in [2.24, 2.45) is 0 Å². The number of nitriles is 1. The van der Waals surface area contributed by atoms with Crippen molar-refractivity contribution in [2.75, 3.05) is 0 Å². The van der Waals surface area contributed by atoms with Gasteiger partial charge in [-0.2, -0.15) is 5.26 Å². The Bertz CT molecular complexity index is 694. The molecule has 0 atom stereocenters. The van der Waals surface area contributed by atoms with Crippen LogP contribution in [0.3, 0.4) is 0 Å². The summed E-state index contributed by atoms with van der Waals surface area (Å²) in [6.45, 7) is 0. The van der Waals surface area contributed by atoms with Crippen LogP contribution in [-0.2, 0) is 0 Å². The zero-order valence-electron chi connectivity index (χ0n) is 7.64. The monoisotopic (exact) mass is 211 g/mol. The third-order valence-corrected chi connectivity index (χ3v) is 3.24. The summed E-state index contributed by atoms with van der Waals surface area (Å²) in [6.07, 6.45) is 1.76. The van der Waals surface area contributed by atoms with E-state index in [2.05, 4.69) is 16.0 Å². The summed E-state index contributed by atoms with van der Waals surface area (Å²) >= 11 is 1.41. The molecule has 0 aliphatic heterocycles. The number of aromatic nitrogens is 2. The molecule has 0 fully saturated rings. The van der Waals surface area contributed by atoms with Gasteiger partial charge in [-0.25, -0.2) is 4.98 Å². The van der Waals surface area contributed by atoms with Crippen LogP contribution in [0.5, 0.6) is 0 Å². The lowest BCUT2D eigenvalue weighted by Crippen LogP contribution is -1.77. The highest BCUT2D eigenvalue weighted by atomic mass is 32.1. The van der Waals surface area contributed by atoms with E-state index in [1.54, 1.807) is 6.20 Å². The maximum absolute atomic E-state index is 8.79. The van der Waals surface area contributed by atoms with Gasteiger partial charge in [-0.1, -0.05) is 0 Å². The first kappa shape index (κ1) is 8.33. The molecule has 0 aliphatic rings. The molecule has 3 rings (SSSR count). The maximum Gasteiger partial charge on any atom is 0.195 e. The van der Waals surface area contributed by atoms with Gasteiger partial charge in [0.2, 0.25) is 0 Å². The second-order valence-corrected chi connectivity index (χ2v) is 4.11. The summed E-state index contributed by atoms with van der Waals surface area (Å²) in [7, 11) is 0. The summed E-state index contributed by atoms with van der Waals surface area (Å²) in [5, 5.41) is 10.4. The van der Waals surface area contributed by atoms with E-state index in [1.165, 1.54) is 11.3 Å². The van der Waals surface area contributed by atoms with Crippen molar-refractivity contribution >= 4 is 32.5 Å². The Morgan fingerprint density at radius 2 is 2.07 bits per heavy atom. The second-order valence-electron chi connectivity index (χ2n) is 3.11. The summed E-state index contributed by atoms with van der Waals surface area (Å²) in [5.74, 6) is 0. The van der Waals surface area contributed by atoms with E-state index in [1.807, 2.05) is 24.3 Å². The van der Waals surface area contributed by atoms with E-state index < -0.39 is 0 Å². The number of pyridine rings is 1. The van der Waals surface area contributed by atoms with E-state index in [0.29, 0.717) is 5.01 Å². The summed E-state index contributed by atoms with van der Waals surface area (Å²) < 4.78 is 1.04. The topological polar surface area (TPSA) is 49.6 Å². The largest absolute Gasteiger partial charge is 0.256 e. The standard InChI is InChI=1S/C11H5N3S/c12-6-10-14-9-4-3-8-7(11(9)15-10)2-1-5-13-8/h1-5H. The number of thiazole rings is 1. The smallest absolute Gasteiger partial charge is 0.195 e. The number of fused-ring (bicyclic) bond motifs is 3. The molecule has 3 nitrogen and oxygen atoms in total. The molecule has 0 bridgehead atoms. The Labute approximate surface area is 89.6 Å². The lowest BCUT2D eigenvalue weighted by Gasteiger charge is -1.95. The third kappa shape index (κ3) is 1.17. The van der Waals surface area contributed by atoms with Crippen LogP contribution in [-0.4, -0.2) is 9.97 Å². The van der Waals surface area contributed by atoms with E-state index in [4.69, 9.17) is 5.26 Å². The molecule has 0 aliphatic carbocycles. The highest BCUT2D eigenvalue weighted by Crippen LogP contribution is 2.28. The fourth-order valence-corrected chi connectivity index (χ4v) is 2.47. The van der Waals surface area contributed by atoms with Crippen LogP contribution < -0.4 is 0 Å². The SMILES string of the molecule is N#Cc1nc2ccc3ncccc3c2s1. The highest BCUT2D eigenvalue weighted by Gasteiger charge is 2.06. The number of benzene rings is 1. The molecule has 0 amide bonds. The fraction of sp³-hybridized carbons (Fsp3) is 0. The van der Waals surface area contributed by atoms with Crippen LogP contribution in [0.4, 0.5) is 0 Å². The van der Waals surface area contributed by atoms with Crippen molar-refractivity contribution in [2.45, 2.75) is 0 Å². The van der Waals surface area contributed by atoms with Gasteiger partial charge >= 0.3 is 0 Å². The predicted molar refractivity (Wildman–Crippen MR) is 59.6 cm³/mol. The van der Waals surface area contributed by atoms with Crippen molar-refractivity contribution in [1.82, 2.24) is 9.97 Å². The third-order valence-electron chi connectivity index (χ3n) is 2.23. The summed E-state index contributed by atoms with van der Waals surface area (Å²) in [6, 6.07) is 9.80. The van der Waals surface area contributed by atoms with Gasteiger partial charge in [-0.3, -0.25) is 4.98 Å². The number of hydrogen-bond acceptors (Lipinski definition) is 4. The van der Waals surface area contributed by atoms with Crippen LogP contribution in [0, 0.1) is 11.3 Å². The van der Waals surface area contributed by atoms with Crippen LogP contribution in [0.25, 0.3) is 21.1 Å². The van der Waals surface area contributed by atoms with Gasteiger partial charge in [-0.15, -0.1) is 11.3 Å². The van der Waals surface area contributed by atoms with Crippen LogP contribution in [0.1, 0.15) is 5.01 Å². The molecule has 4 heteroatoms. The summed E-state index contributed by atoms with van der Waals surface area (Å²) in [4.78, 5) is 8.47. The van der Waals surface area contributed by atoms with Crippen molar-refractivity contribution < 1.29 is 0 Å². The van der Waals surface area contributed by atoms with Gasteiger partial charge in [0.25, 0.3) is 0 Å². The minimum atomic E-state index is 0.501. The van der Waals surface area contributed by atoms with E-state index in [-0.39, 0.29) is 0 Å². The molecule has 0 spiro atoms. The van der Waals surface area contributed by atoms with Gasteiger partial charge in [-0.05, 0) is 24.3 Å². The highest BCUT2D eigenvalue weighted by molar-refractivity contribution is 7.20. The Morgan fingerprint density at radius 3 is 2.93 bits per heavy atom. The Morgan fingerprint density at radius 1 is 1.20 bits per heavy atom. The minimum absolute atomic E-state index is 0.501. The second kappa shape index (κ2) is 3.01. The molecule has 70 valence electrons. The van der Waals surface area contributed by atoms with Gasteiger partial charge < -0.3 is 0 Å². The Kier molecular flexibility index (Phi) is 1.67. The number of rotatable bonds is 0. The first-order valence-electron chi connectivity index (χ1n) is 4.43. The molecule has 0 radical (unpaired) electrons. The molecule has 2 heterocycles. The van der Waals surface area contributed by atoms with E-state index in [0.717, 1.165) is 21.1 Å². The van der Waals surface area contributed by atoms with E-state index >= 15 is 0 Å². The molecule has 3 aromatic rings. The molecular formula is C11H5N3S. The fourth-order valence-electron chi connectivity index (χ4n) is 1.59. The molecule has 2 aromatic heterocycles. The van der Waals surface area contributed by atoms with Crippen molar-refractivity contribution in [3.63, 3.8) is 0 Å². The van der Waals surface area contributed by atoms with Crippen LogP contribution in [0.2, 0.25) is 0 Å². The first-order chi connectivity index (χ1) is 7.38. The van der Waals surface area contributed by atoms with Crippen molar-refractivity contribution in [3.8, 4) is 6.07 Å². The van der Waals surface area contributed by atoms with Crippen LogP contribution >= 0.6 is 11.3 Å². The Hall–Kier alpha value is -1.99. The lowest BCUT2D eigenvalue weighted by atomic mass is 10.2. The molecule has 1 aromatic carbocycles. The first-order valence-corrected chi connectivity index (χ1v) is 5.24. The molecule has 0 unspecified atom stereocenters. The normalized spacial score (nSPS) is 10.6. The average Bonchev–Trinajstić information content (AvgIpc) is 2.72. The number of nitrogens with zero attached hydrogens (tertiary/aromatic N) is 3. The van der Waals surface area contributed by atoms with Gasteiger partial charge in [0.15, 0.2) is 5.01 Å². The average molecular weight is 211 g/mol. The van der Waals surface area contributed by atoms with Gasteiger partial charge in [0.05, 0.1) is 15.7 Å². The Balaban J connectivity index is 2.54. The van der Waals surface area contributed by atoms with Gasteiger partial charge in [0, 0.05) is 11.6 Å². The molecular weight excluding hydrogens is 206 g/mol. The molecule has 0 N–H and O–H groups in total. The minimum Gasteiger partial charge on any atom is -0.256 e. The van der Waals surface area contributed by atoms with E-state index in [9.17, 15) is 0 Å². The van der Waals surface area contributed by atoms with Gasteiger partial charge in [0.1, 0.15) is 6.07 Å². The van der Waals surface area contributed by atoms with Crippen molar-refractivity contribution in [1.29, 1.82) is 5.26 Å². The molecule has 0 saturated heterocycles.